The van der Waals surface area contributed by atoms with Gasteiger partial charge in [0.2, 0.25) is 0 Å². The Hall–Kier alpha value is -1.61. The number of nitrogens with zero attached hydrogens (tertiary/aromatic N) is 1. The number of likely N-dealkylation sites (tertiary alicyclic amines) is 1. The highest BCUT2D eigenvalue weighted by molar-refractivity contribution is 5.98. The van der Waals surface area contributed by atoms with Crippen LogP contribution in [0.2, 0.25) is 0 Å². The molecule has 1 N–H and O–H groups in total. The first-order chi connectivity index (χ1) is 10.6. The van der Waals surface area contributed by atoms with Gasteiger partial charge in [-0.2, -0.15) is 0 Å². The van der Waals surface area contributed by atoms with Gasteiger partial charge in [-0.15, -0.1) is 0 Å². The largest absolute Gasteiger partial charge is 0.508 e. The number of likely N-dealkylation sites (N-methyl/N-ethyl adjacent to an activating group) is 1. The maximum absolute atomic E-state index is 12.8. The summed E-state index contributed by atoms with van der Waals surface area (Å²) in [6, 6.07) is 7.77. The van der Waals surface area contributed by atoms with E-state index in [4.69, 9.17) is 0 Å². The lowest BCUT2D eigenvalue weighted by atomic mass is 9.61. The molecule has 0 amide bonds. The lowest BCUT2D eigenvalue weighted by molar-refractivity contribution is -0.120. The van der Waals surface area contributed by atoms with Gasteiger partial charge in [0.05, 0.1) is 0 Å². The smallest absolute Gasteiger partial charge is 0.161 e. The molecule has 1 aromatic rings. The Morgan fingerprint density at radius 2 is 2.18 bits per heavy atom. The van der Waals surface area contributed by atoms with Crippen LogP contribution in [0, 0.1) is 5.92 Å². The standard InChI is InChI=1S/C19H23NO2/c1-20-8-7-19(14-3-2-4-15(21)10-14)11-17(20)16(18(22)12-19)9-13-5-6-13/h2-4,9-10,13,17,21H,5-8,11-12H2,1H3/b16-9+. The molecule has 0 radical (unpaired) electrons. The molecule has 4 rings (SSSR count). The molecule has 1 heterocycles. The molecule has 2 saturated carbocycles. The lowest BCUT2D eigenvalue weighted by Gasteiger charge is -2.50. The maximum Gasteiger partial charge on any atom is 0.161 e. The number of piperidine rings is 1. The van der Waals surface area contributed by atoms with E-state index in [0.29, 0.717) is 23.9 Å². The van der Waals surface area contributed by atoms with Crippen molar-refractivity contribution >= 4 is 5.78 Å². The van der Waals surface area contributed by atoms with Crippen molar-refractivity contribution in [3.8, 4) is 5.75 Å². The molecule has 116 valence electrons. The summed E-state index contributed by atoms with van der Waals surface area (Å²) in [4.78, 5) is 15.2. The van der Waals surface area contributed by atoms with Crippen molar-refractivity contribution in [1.82, 2.24) is 4.90 Å². The number of phenolic OH excluding ortho intramolecular Hbond substituents is 1. The van der Waals surface area contributed by atoms with E-state index in [0.717, 1.165) is 30.5 Å². The molecule has 2 atom stereocenters. The molecule has 3 fully saturated rings. The van der Waals surface area contributed by atoms with Gasteiger partial charge in [-0.3, -0.25) is 9.69 Å². The number of allylic oxidation sites excluding steroid dienone is 1. The Balaban J connectivity index is 1.73. The van der Waals surface area contributed by atoms with E-state index in [9.17, 15) is 9.90 Å². The fourth-order valence-electron chi connectivity index (χ4n) is 4.20. The summed E-state index contributed by atoms with van der Waals surface area (Å²) < 4.78 is 0. The van der Waals surface area contributed by atoms with Crippen LogP contribution in [0.25, 0.3) is 0 Å². The lowest BCUT2D eigenvalue weighted by Crippen LogP contribution is -2.54. The molecule has 1 aliphatic heterocycles. The van der Waals surface area contributed by atoms with Crippen LogP contribution >= 0.6 is 0 Å². The van der Waals surface area contributed by atoms with E-state index in [1.54, 1.807) is 6.07 Å². The predicted molar refractivity (Wildman–Crippen MR) is 85.9 cm³/mol. The van der Waals surface area contributed by atoms with E-state index in [1.807, 2.05) is 12.1 Å². The van der Waals surface area contributed by atoms with Crippen LogP contribution in [0.3, 0.4) is 0 Å². The molecule has 2 aliphatic carbocycles. The summed E-state index contributed by atoms with van der Waals surface area (Å²) in [5, 5.41) is 9.83. The van der Waals surface area contributed by atoms with Crippen molar-refractivity contribution in [3.05, 3.63) is 41.5 Å². The van der Waals surface area contributed by atoms with Gasteiger partial charge in [0.1, 0.15) is 5.75 Å². The second-order valence-corrected chi connectivity index (χ2v) is 7.34. The molecule has 3 nitrogen and oxygen atoms in total. The van der Waals surface area contributed by atoms with Gasteiger partial charge in [0.15, 0.2) is 5.78 Å². The van der Waals surface area contributed by atoms with Crippen LogP contribution in [0.1, 0.15) is 37.7 Å². The first kappa shape index (κ1) is 14.0. The predicted octanol–water partition coefficient (Wildman–Crippen LogP) is 3.03. The number of carbonyl (C=O) groups is 1. The number of fused-ring (bicyclic) bond motifs is 2. The van der Waals surface area contributed by atoms with Crippen LogP contribution in [0.4, 0.5) is 0 Å². The number of aromatic hydroxyl groups is 1. The topological polar surface area (TPSA) is 40.5 Å². The summed E-state index contributed by atoms with van der Waals surface area (Å²) in [6.45, 7) is 1.01. The molecule has 3 heteroatoms. The number of benzene rings is 1. The second-order valence-electron chi connectivity index (χ2n) is 7.34. The number of carbonyl (C=O) groups excluding carboxylic acids is 1. The highest BCUT2D eigenvalue weighted by Gasteiger charge is 2.48. The number of hydrogen-bond acceptors (Lipinski definition) is 3. The Morgan fingerprint density at radius 3 is 2.91 bits per heavy atom. The maximum atomic E-state index is 12.8. The molecule has 3 aliphatic rings. The Bertz CT molecular complexity index is 647. The van der Waals surface area contributed by atoms with Crippen LogP contribution < -0.4 is 0 Å². The summed E-state index contributed by atoms with van der Waals surface area (Å²) in [7, 11) is 2.14. The van der Waals surface area contributed by atoms with Crippen molar-refractivity contribution in [1.29, 1.82) is 0 Å². The van der Waals surface area contributed by atoms with Gasteiger partial charge >= 0.3 is 0 Å². The minimum absolute atomic E-state index is 0.0894. The summed E-state index contributed by atoms with van der Waals surface area (Å²) in [6.07, 6.45) is 7.32. The molecule has 0 aromatic heterocycles. The third kappa shape index (κ3) is 2.28. The molecular weight excluding hydrogens is 274 g/mol. The Labute approximate surface area is 131 Å². The van der Waals surface area contributed by atoms with Crippen molar-refractivity contribution in [3.63, 3.8) is 0 Å². The van der Waals surface area contributed by atoms with E-state index in [2.05, 4.69) is 24.1 Å². The van der Waals surface area contributed by atoms with Crippen LogP contribution in [-0.2, 0) is 10.2 Å². The van der Waals surface area contributed by atoms with Gasteiger partial charge in [0, 0.05) is 23.5 Å². The molecule has 2 unspecified atom stereocenters. The fraction of sp³-hybridized carbons (Fsp3) is 0.526. The zero-order chi connectivity index (χ0) is 15.3. The first-order valence-corrected chi connectivity index (χ1v) is 8.32. The molecule has 0 spiro atoms. The number of ketones is 1. The SMILES string of the molecule is CN1CCC2(c3cccc(O)c3)CC(=O)/C(=C/C3CC3)C1C2. The highest BCUT2D eigenvalue weighted by atomic mass is 16.3. The Kier molecular flexibility index (Phi) is 3.15. The van der Waals surface area contributed by atoms with E-state index >= 15 is 0 Å². The van der Waals surface area contributed by atoms with Crippen molar-refractivity contribution in [2.75, 3.05) is 13.6 Å². The van der Waals surface area contributed by atoms with Gasteiger partial charge in [-0.05, 0) is 62.9 Å². The second kappa shape index (κ2) is 4.95. The summed E-state index contributed by atoms with van der Waals surface area (Å²) >= 11 is 0. The summed E-state index contributed by atoms with van der Waals surface area (Å²) in [5.74, 6) is 1.26. The van der Waals surface area contributed by atoms with Crippen LogP contribution in [0.15, 0.2) is 35.9 Å². The Morgan fingerprint density at radius 1 is 1.36 bits per heavy atom. The number of hydrogen-bond donors (Lipinski definition) is 1. The highest BCUT2D eigenvalue weighted by Crippen LogP contribution is 2.48. The summed E-state index contributed by atoms with van der Waals surface area (Å²) in [5.41, 5.74) is 2.10. The quantitative estimate of drug-likeness (QED) is 0.853. The minimum atomic E-state index is -0.0894. The zero-order valence-corrected chi connectivity index (χ0v) is 13.1. The van der Waals surface area contributed by atoms with E-state index < -0.39 is 0 Å². The van der Waals surface area contributed by atoms with Gasteiger partial charge in [0.25, 0.3) is 0 Å². The van der Waals surface area contributed by atoms with Crippen molar-refractivity contribution in [2.45, 2.75) is 43.6 Å². The van der Waals surface area contributed by atoms with Gasteiger partial charge in [-0.25, -0.2) is 0 Å². The molecule has 2 bridgehead atoms. The van der Waals surface area contributed by atoms with E-state index in [-0.39, 0.29) is 11.5 Å². The van der Waals surface area contributed by atoms with Crippen molar-refractivity contribution in [2.24, 2.45) is 5.92 Å². The molecular formula is C19H23NO2. The number of Topliss-reactive ketones (excluding diaryl/α,β-unsaturated/α-hetero) is 1. The fourth-order valence-corrected chi connectivity index (χ4v) is 4.20. The molecule has 1 aromatic carbocycles. The average Bonchev–Trinajstić information content (AvgIpc) is 3.31. The molecule has 1 saturated heterocycles. The third-order valence-electron chi connectivity index (χ3n) is 5.73. The zero-order valence-electron chi connectivity index (χ0n) is 13.1. The van der Waals surface area contributed by atoms with Crippen molar-refractivity contribution < 1.29 is 9.90 Å². The number of phenols is 1. The van der Waals surface area contributed by atoms with Crippen LogP contribution in [0.5, 0.6) is 5.75 Å². The third-order valence-corrected chi connectivity index (χ3v) is 5.73. The molecule has 22 heavy (non-hydrogen) atoms. The van der Waals surface area contributed by atoms with E-state index in [1.165, 1.54) is 12.8 Å². The van der Waals surface area contributed by atoms with Gasteiger partial charge < -0.3 is 5.11 Å². The average molecular weight is 297 g/mol. The normalized spacial score (nSPS) is 34.1. The monoisotopic (exact) mass is 297 g/mol. The minimum Gasteiger partial charge on any atom is -0.508 e. The van der Waals surface area contributed by atoms with Gasteiger partial charge in [-0.1, -0.05) is 18.2 Å². The van der Waals surface area contributed by atoms with Crippen LogP contribution in [-0.4, -0.2) is 35.4 Å². The first-order valence-electron chi connectivity index (χ1n) is 8.32. The number of rotatable bonds is 2.